The number of β-amino-alcohol motifs (C(OH)–C–C–N with tert-alkyl or cyclic N) is 1. The van der Waals surface area contributed by atoms with Crippen molar-refractivity contribution in [1.82, 2.24) is 4.90 Å². The molecule has 126 valence electrons. The van der Waals surface area contributed by atoms with Crippen LogP contribution in [-0.4, -0.2) is 53.5 Å². The first-order valence-electron chi connectivity index (χ1n) is 7.43. The van der Waals surface area contributed by atoms with E-state index in [4.69, 9.17) is 9.47 Å². The summed E-state index contributed by atoms with van der Waals surface area (Å²) in [4.78, 5) is 25.8. The third-order valence-electron chi connectivity index (χ3n) is 4.01. The van der Waals surface area contributed by atoms with Gasteiger partial charge in [0.2, 0.25) is 0 Å². The number of carbonyl (C=O) groups excluding carboxylic acids is 2. The SMILES string of the molecule is C=CCC[C@]1(C)[C@H](O)CN(C(=O)OC(C)(C)C)[C@@H]1C(=O)OC. The van der Waals surface area contributed by atoms with E-state index in [9.17, 15) is 14.7 Å². The van der Waals surface area contributed by atoms with Crippen molar-refractivity contribution in [2.24, 2.45) is 5.41 Å². The lowest BCUT2D eigenvalue weighted by Gasteiger charge is -2.34. The van der Waals surface area contributed by atoms with Gasteiger partial charge in [-0.15, -0.1) is 6.58 Å². The molecule has 6 nitrogen and oxygen atoms in total. The fourth-order valence-electron chi connectivity index (χ4n) is 2.76. The van der Waals surface area contributed by atoms with Crippen molar-refractivity contribution in [2.75, 3.05) is 13.7 Å². The largest absolute Gasteiger partial charge is 0.467 e. The minimum Gasteiger partial charge on any atom is -0.467 e. The highest BCUT2D eigenvalue weighted by atomic mass is 16.6. The molecule has 0 radical (unpaired) electrons. The van der Waals surface area contributed by atoms with Gasteiger partial charge in [0.25, 0.3) is 0 Å². The summed E-state index contributed by atoms with van der Waals surface area (Å²) in [5.41, 5.74) is -1.47. The van der Waals surface area contributed by atoms with E-state index in [2.05, 4.69) is 6.58 Å². The van der Waals surface area contributed by atoms with Crippen molar-refractivity contribution >= 4 is 12.1 Å². The average Bonchev–Trinajstić information content (AvgIpc) is 2.67. The standard InChI is InChI=1S/C16H27NO5/c1-7-8-9-16(5)11(18)10-17(12(16)13(19)21-6)14(20)22-15(2,3)4/h7,11-12,18H,1,8-10H2,2-6H3/t11-,12-,16-/m1/s1. The molecule has 1 rings (SSSR count). The summed E-state index contributed by atoms with van der Waals surface area (Å²) in [5.74, 6) is -0.547. The predicted molar refractivity (Wildman–Crippen MR) is 82.3 cm³/mol. The van der Waals surface area contributed by atoms with Gasteiger partial charge in [-0.05, 0) is 33.6 Å². The van der Waals surface area contributed by atoms with E-state index in [1.54, 1.807) is 33.8 Å². The van der Waals surface area contributed by atoms with Crippen LogP contribution in [0.5, 0.6) is 0 Å². The Morgan fingerprint density at radius 2 is 2.05 bits per heavy atom. The summed E-state index contributed by atoms with van der Waals surface area (Å²) in [7, 11) is 1.27. The summed E-state index contributed by atoms with van der Waals surface area (Å²) >= 11 is 0. The molecule has 0 saturated carbocycles. The highest BCUT2D eigenvalue weighted by Crippen LogP contribution is 2.42. The number of nitrogens with zero attached hydrogens (tertiary/aromatic N) is 1. The van der Waals surface area contributed by atoms with Crippen molar-refractivity contribution in [3.63, 3.8) is 0 Å². The minimum atomic E-state index is -0.873. The lowest BCUT2D eigenvalue weighted by molar-refractivity contribution is -0.150. The van der Waals surface area contributed by atoms with Gasteiger partial charge in [0.1, 0.15) is 11.6 Å². The number of methoxy groups -OCH3 is 1. The molecular weight excluding hydrogens is 286 g/mol. The maximum atomic E-state index is 12.4. The number of ether oxygens (including phenoxy) is 2. The van der Waals surface area contributed by atoms with E-state index < -0.39 is 35.2 Å². The van der Waals surface area contributed by atoms with Gasteiger partial charge in [0.05, 0.1) is 19.8 Å². The maximum absolute atomic E-state index is 12.4. The zero-order valence-electron chi connectivity index (χ0n) is 14.1. The van der Waals surface area contributed by atoms with Crippen LogP contribution in [-0.2, 0) is 14.3 Å². The highest BCUT2D eigenvalue weighted by molar-refractivity contribution is 5.83. The fourth-order valence-corrected chi connectivity index (χ4v) is 2.76. The molecule has 6 heteroatoms. The Morgan fingerprint density at radius 3 is 2.50 bits per heavy atom. The first-order chi connectivity index (χ1) is 10.1. The molecule has 1 fully saturated rings. The number of hydrogen-bond donors (Lipinski definition) is 1. The Hall–Kier alpha value is -1.56. The van der Waals surface area contributed by atoms with E-state index in [-0.39, 0.29) is 6.54 Å². The van der Waals surface area contributed by atoms with Gasteiger partial charge in [-0.1, -0.05) is 13.0 Å². The van der Waals surface area contributed by atoms with Crippen LogP contribution < -0.4 is 0 Å². The van der Waals surface area contributed by atoms with Gasteiger partial charge >= 0.3 is 12.1 Å². The third-order valence-corrected chi connectivity index (χ3v) is 4.01. The second kappa shape index (κ2) is 6.69. The Kier molecular flexibility index (Phi) is 5.62. The number of carbonyl (C=O) groups is 2. The number of aliphatic hydroxyl groups is 1. The van der Waals surface area contributed by atoms with Crippen LogP contribution >= 0.6 is 0 Å². The predicted octanol–water partition coefficient (Wildman–Crippen LogP) is 2.11. The topological polar surface area (TPSA) is 76.1 Å². The normalized spacial score (nSPS) is 28.4. The number of amides is 1. The van der Waals surface area contributed by atoms with Crippen molar-refractivity contribution in [1.29, 1.82) is 0 Å². The van der Waals surface area contributed by atoms with Gasteiger partial charge in [0.15, 0.2) is 0 Å². The third kappa shape index (κ3) is 3.80. The van der Waals surface area contributed by atoms with Crippen molar-refractivity contribution < 1.29 is 24.2 Å². The molecule has 1 aliphatic rings. The van der Waals surface area contributed by atoms with Crippen LogP contribution in [0.25, 0.3) is 0 Å². The van der Waals surface area contributed by atoms with Gasteiger partial charge in [-0.3, -0.25) is 4.90 Å². The number of aliphatic hydroxyl groups excluding tert-OH is 1. The van der Waals surface area contributed by atoms with Crippen LogP contribution in [0.1, 0.15) is 40.5 Å². The fraction of sp³-hybridized carbons (Fsp3) is 0.750. The number of esters is 1. The smallest absolute Gasteiger partial charge is 0.411 e. The second-order valence-electron chi connectivity index (χ2n) is 6.91. The molecule has 0 aromatic carbocycles. The van der Waals surface area contributed by atoms with E-state index in [1.165, 1.54) is 12.0 Å². The molecule has 1 saturated heterocycles. The first kappa shape index (κ1) is 18.5. The quantitative estimate of drug-likeness (QED) is 0.635. The Morgan fingerprint density at radius 1 is 1.45 bits per heavy atom. The molecule has 22 heavy (non-hydrogen) atoms. The summed E-state index contributed by atoms with van der Waals surface area (Å²) < 4.78 is 10.2. The van der Waals surface area contributed by atoms with Crippen molar-refractivity contribution in [3.8, 4) is 0 Å². The summed E-state index contributed by atoms with van der Waals surface area (Å²) in [6, 6.07) is -0.873. The van der Waals surface area contributed by atoms with E-state index in [0.29, 0.717) is 12.8 Å². The lowest BCUT2D eigenvalue weighted by atomic mass is 9.76. The molecule has 0 aromatic rings. The van der Waals surface area contributed by atoms with E-state index in [0.717, 1.165) is 0 Å². The van der Waals surface area contributed by atoms with E-state index in [1.807, 2.05) is 0 Å². The highest BCUT2D eigenvalue weighted by Gasteiger charge is 2.56. The molecule has 1 amide bonds. The first-order valence-corrected chi connectivity index (χ1v) is 7.43. The average molecular weight is 313 g/mol. The van der Waals surface area contributed by atoms with E-state index >= 15 is 0 Å². The molecule has 1 aliphatic heterocycles. The van der Waals surface area contributed by atoms with Crippen LogP contribution in [0.3, 0.4) is 0 Å². The molecule has 0 unspecified atom stereocenters. The molecule has 0 spiro atoms. The zero-order chi connectivity index (χ0) is 17.1. The van der Waals surface area contributed by atoms with Gasteiger partial charge < -0.3 is 14.6 Å². The van der Waals surface area contributed by atoms with Gasteiger partial charge in [-0.2, -0.15) is 0 Å². The minimum absolute atomic E-state index is 0.0440. The molecule has 1 N–H and O–H groups in total. The molecule has 0 bridgehead atoms. The second-order valence-corrected chi connectivity index (χ2v) is 6.91. The summed E-state index contributed by atoms with van der Waals surface area (Å²) in [6.07, 6.45) is 1.43. The molecule has 1 heterocycles. The Labute approximate surface area is 132 Å². The number of rotatable bonds is 4. The molecular formula is C16H27NO5. The van der Waals surface area contributed by atoms with Crippen molar-refractivity contribution in [2.45, 2.75) is 58.3 Å². The number of likely N-dealkylation sites (tertiary alicyclic amines) is 1. The molecule has 3 atom stereocenters. The lowest BCUT2D eigenvalue weighted by Crippen LogP contribution is -2.49. The van der Waals surface area contributed by atoms with Crippen LogP contribution in [0.2, 0.25) is 0 Å². The molecule has 0 aliphatic carbocycles. The zero-order valence-corrected chi connectivity index (χ0v) is 14.1. The summed E-state index contributed by atoms with van der Waals surface area (Å²) in [5, 5.41) is 10.4. The molecule has 0 aromatic heterocycles. The number of hydrogen-bond acceptors (Lipinski definition) is 5. The van der Waals surface area contributed by atoms with Crippen LogP contribution in [0.15, 0.2) is 12.7 Å². The summed E-state index contributed by atoms with van der Waals surface area (Å²) in [6.45, 7) is 10.8. The van der Waals surface area contributed by atoms with Crippen molar-refractivity contribution in [3.05, 3.63) is 12.7 Å². The van der Waals surface area contributed by atoms with Crippen LogP contribution in [0.4, 0.5) is 4.79 Å². The maximum Gasteiger partial charge on any atom is 0.411 e. The van der Waals surface area contributed by atoms with Gasteiger partial charge in [0, 0.05) is 5.41 Å². The van der Waals surface area contributed by atoms with Crippen LogP contribution in [0, 0.1) is 5.41 Å². The Balaban J connectivity index is 3.10. The van der Waals surface area contributed by atoms with Gasteiger partial charge in [-0.25, -0.2) is 9.59 Å². The number of allylic oxidation sites excluding steroid dienone is 1. The monoisotopic (exact) mass is 313 g/mol. The Bertz CT molecular complexity index is 442.